The molecule has 1 saturated heterocycles. The summed E-state index contributed by atoms with van der Waals surface area (Å²) in [4.78, 5) is 0. The second-order valence-electron chi connectivity index (χ2n) is 4.87. The second kappa shape index (κ2) is 6.82. The van der Waals surface area contributed by atoms with Crippen molar-refractivity contribution in [3.8, 4) is 6.07 Å². The Hall–Kier alpha value is -0.980. The molecule has 3 heteroatoms. The third-order valence-corrected chi connectivity index (χ3v) is 4.83. The Bertz CT molecular complexity index is 431. The molecule has 1 heterocycles. The normalized spacial score (nSPS) is 19.4. The molecule has 0 aromatic heterocycles. The summed E-state index contributed by atoms with van der Waals surface area (Å²) in [6, 6.07) is 8.11. The SMILES string of the molecule is Cc1cc(C#N)ccc1CNCC1CCCCS1. The lowest BCUT2D eigenvalue weighted by Gasteiger charge is -2.21. The van der Waals surface area contributed by atoms with E-state index in [9.17, 15) is 0 Å². The van der Waals surface area contributed by atoms with Crippen LogP contribution in [0.25, 0.3) is 0 Å². The largest absolute Gasteiger partial charge is 0.312 e. The first-order valence-corrected chi connectivity index (χ1v) is 7.66. The Kier molecular flexibility index (Phi) is 5.10. The Morgan fingerprint density at radius 3 is 3.00 bits per heavy atom. The molecule has 1 aromatic carbocycles. The average Bonchev–Trinajstić information content (AvgIpc) is 2.42. The predicted octanol–water partition coefficient (Wildman–Crippen LogP) is 3.24. The van der Waals surface area contributed by atoms with E-state index in [1.807, 2.05) is 12.1 Å². The lowest BCUT2D eigenvalue weighted by Crippen LogP contribution is -2.26. The topological polar surface area (TPSA) is 35.8 Å². The van der Waals surface area contributed by atoms with Gasteiger partial charge in [0.05, 0.1) is 11.6 Å². The first-order valence-electron chi connectivity index (χ1n) is 6.61. The number of rotatable bonds is 4. The summed E-state index contributed by atoms with van der Waals surface area (Å²) < 4.78 is 0. The van der Waals surface area contributed by atoms with Crippen LogP contribution >= 0.6 is 11.8 Å². The zero-order valence-electron chi connectivity index (χ0n) is 10.9. The van der Waals surface area contributed by atoms with E-state index in [0.717, 1.165) is 23.9 Å². The average molecular weight is 260 g/mol. The highest BCUT2D eigenvalue weighted by molar-refractivity contribution is 7.99. The van der Waals surface area contributed by atoms with Crippen molar-refractivity contribution in [3.63, 3.8) is 0 Å². The monoisotopic (exact) mass is 260 g/mol. The van der Waals surface area contributed by atoms with E-state index in [-0.39, 0.29) is 0 Å². The van der Waals surface area contributed by atoms with Gasteiger partial charge < -0.3 is 5.32 Å². The number of benzene rings is 1. The summed E-state index contributed by atoms with van der Waals surface area (Å²) in [6.07, 6.45) is 4.12. The fraction of sp³-hybridized carbons (Fsp3) is 0.533. The number of hydrogen-bond donors (Lipinski definition) is 1. The van der Waals surface area contributed by atoms with Gasteiger partial charge in [-0.05, 0) is 48.8 Å². The maximum Gasteiger partial charge on any atom is 0.0991 e. The molecule has 0 spiro atoms. The van der Waals surface area contributed by atoms with Crippen LogP contribution in [0.4, 0.5) is 0 Å². The van der Waals surface area contributed by atoms with Crippen molar-refractivity contribution in [2.45, 2.75) is 38.0 Å². The summed E-state index contributed by atoms with van der Waals surface area (Å²) in [5.41, 5.74) is 3.26. The molecule has 1 fully saturated rings. The minimum atomic E-state index is 0.749. The fourth-order valence-corrected chi connectivity index (χ4v) is 3.57. The third kappa shape index (κ3) is 3.76. The highest BCUT2D eigenvalue weighted by atomic mass is 32.2. The van der Waals surface area contributed by atoms with E-state index >= 15 is 0 Å². The zero-order valence-corrected chi connectivity index (χ0v) is 11.7. The highest BCUT2D eigenvalue weighted by Crippen LogP contribution is 2.24. The van der Waals surface area contributed by atoms with Crippen LogP contribution in [-0.2, 0) is 6.54 Å². The van der Waals surface area contributed by atoms with Gasteiger partial charge in [0.2, 0.25) is 0 Å². The first-order chi connectivity index (χ1) is 8.79. The lowest BCUT2D eigenvalue weighted by atomic mass is 10.1. The van der Waals surface area contributed by atoms with E-state index in [2.05, 4.69) is 36.1 Å². The van der Waals surface area contributed by atoms with E-state index < -0.39 is 0 Å². The van der Waals surface area contributed by atoms with Gasteiger partial charge in [-0.25, -0.2) is 0 Å². The molecule has 2 nitrogen and oxygen atoms in total. The number of nitrogens with zero attached hydrogens (tertiary/aromatic N) is 1. The van der Waals surface area contributed by atoms with Crippen LogP contribution in [0.5, 0.6) is 0 Å². The van der Waals surface area contributed by atoms with Gasteiger partial charge in [0.15, 0.2) is 0 Å². The van der Waals surface area contributed by atoms with Gasteiger partial charge in [0, 0.05) is 18.3 Å². The number of thioether (sulfide) groups is 1. The van der Waals surface area contributed by atoms with Crippen molar-refractivity contribution in [2.24, 2.45) is 0 Å². The molecule has 1 atom stereocenters. The Balaban J connectivity index is 1.81. The maximum absolute atomic E-state index is 8.83. The standard InChI is InChI=1S/C15H20N2S/c1-12-8-13(9-16)5-6-14(12)10-17-11-15-4-2-3-7-18-15/h5-6,8,15,17H,2-4,7,10-11H2,1H3. The summed E-state index contributed by atoms with van der Waals surface area (Å²) >= 11 is 2.10. The summed E-state index contributed by atoms with van der Waals surface area (Å²) in [5.74, 6) is 1.32. The van der Waals surface area contributed by atoms with Crippen LogP contribution in [0.2, 0.25) is 0 Å². The molecule has 2 rings (SSSR count). The molecule has 0 aliphatic carbocycles. The van der Waals surface area contributed by atoms with Crippen LogP contribution in [-0.4, -0.2) is 17.5 Å². The van der Waals surface area contributed by atoms with Gasteiger partial charge >= 0.3 is 0 Å². The number of nitriles is 1. The minimum Gasteiger partial charge on any atom is -0.312 e. The van der Waals surface area contributed by atoms with E-state index in [1.54, 1.807) is 0 Å². The molecule has 1 unspecified atom stereocenters. The van der Waals surface area contributed by atoms with E-state index in [0.29, 0.717) is 0 Å². The van der Waals surface area contributed by atoms with Crippen LogP contribution < -0.4 is 5.32 Å². The molecule has 1 aliphatic rings. The first kappa shape index (κ1) is 13.5. The summed E-state index contributed by atoms with van der Waals surface area (Å²) in [6.45, 7) is 4.09. The Morgan fingerprint density at radius 1 is 1.44 bits per heavy atom. The van der Waals surface area contributed by atoms with Crippen molar-refractivity contribution >= 4 is 11.8 Å². The van der Waals surface area contributed by atoms with Gasteiger partial charge in [-0.1, -0.05) is 12.5 Å². The van der Waals surface area contributed by atoms with E-state index in [1.165, 1.54) is 36.1 Å². The molecular weight excluding hydrogens is 240 g/mol. The van der Waals surface area contributed by atoms with Crippen molar-refractivity contribution < 1.29 is 0 Å². The summed E-state index contributed by atoms with van der Waals surface area (Å²) in [7, 11) is 0. The van der Waals surface area contributed by atoms with Crippen LogP contribution in [0, 0.1) is 18.3 Å². The molecule has 1 aromatic rings. The quantitative estimate of drug-likeness (QED) is 0.902. The summed E-state index contributed by atoms with van der Waals surface area (Å²) in [5, 5.41) is 13.2. The minimum absolute atomic E-state index is 0.749. The number of hydrogen-bond acceptors (Lipinski definition) is 3. The van der Waals surface area contributed by atoms with Gasteiger partial charge in [-0.15, -0.1) is 0 Å². The Morgan fingerprint density at radius 2 is 2.33 bits per heavy atom. The van der Waals surface area contributed by atoms with Crippen molar-refractivity contribution in [1.82, 2.24) is 5.32 Å². The maximum atomic E-state index is 8.83. The van der Waals surface area contributed by atoms with Crippen molar-refractivity contribution in [2.75, 3.05) is 12.3 Å². The van der Waals surface area contributed by atoms with Gasteiger partial charge in [-0.2, -0.15) is 17.0 Å². The molecule has 0 radical (unpaired) electrons. The van der Waals surface area contributed by atoms with Crippen molar-refractivity contribution in [3.05, 3.63) is 34.9 Å². The van der Waals surface area contributed by atoms with Gasteiger partial charge in [0.1, 0.15) is 0 Å². The molecule has 1 N–H and O–H groups in total. The molecule has 1 aliphatic heterocycles. The molecule has 0 amide bonds. The number of aryl methyl sites for hydroxylation is 1. The number of nitrogens with one attached hydrogen (secondary N) is 1. The van der Waals surface area contributed by atoms with Gasteiger partial charge in [0.25, 0.3) is 0 Å². The molecule has 0 bridgehead atoms. The second-order valence-corrected chi connectivity index (χ2v) is 6.28. The predicted molar refractivity (Wildman–Crippen MR) is 77.7 cm³/mol. The lowest BCUT2D eigenvalue weighted by molar-refractivity contribution is 0.597. The van der Waals surface area contributed by atoms with Gasteiger partial charge in [-0.3, -0.25) is 0 Å². The third-order valence-electron chi connectivity index (χ3n) is 3.43. The fourth-order valence-electron chi connectivity index (χ4n) is 2.30. The van der Waals surface area contributed by atoms with Crippen molar-refractivity contribution in [1.29, 1.82) is 5.26 Å². The molecule has 18 heavy (non-hydrogen) atoms. The van der Waals surface area contributed by atoms with E-state index in [4.69, 9.17) is 5.26 Å². The Labute approximate surface area is 114 Å². The molecule has 96 valence electrons. The highest BCUT2D eigenvalue weighted by Gasteiger charge is 2.13. The van der Waals surface area contributed by atoms with Crippen LogP contribution in [0.15, 0.2) is 18.2 Å². The molecule has 0 saturated carbocycles. The smallest absolute Gasteiger partial charge is 0.0991 e. The zero-order chi connectivity index (χ0) is 12.8. The van der Waals surface area contributed by atoms with Crippen LogP contribution in [0.1, 0.15) is 36.0 Å². The van der Waals surface area contributed by atoms with Crippen LogP contribution in [0.3, 0.4) is 0 Å². The molecular formula is C15H20N2S.